The fourth-order valence-electron chi connectivity index (χ4n) is 3.18. The van der Waals surface area contributed by atoms with E-state index in [0.29, 0.717) is 25.0 Å². The molecule has 0 spiro atoms. The molecule has 1 fully saturated rings. The van der Waals surface area contributed by atoms with Gasteiger partial charge in [0.25, 0.3) is 0 Å². The number of halogens is 2. The first-order valence-electron chi connectivity index (χ1n) is 7.28. The summed E-state index contributed by atoms with van der Waals surface area (Å²) in [5.74, 6) is -2.24. The molecule has 2 atom stereocenters. The molecule has 1 aliphatic carbocycles. The summed E-state index contributed by atoms with van der Waals surface area (Å²) in [4.78, 5) is 16.8. The van der Waals surface area contributed by atoms with E-state index in [1.807, 2.05) is 0 Å². The normalized spacial score (nSPS) is 23.4. The molecular formula is C15H12F2N4O2. The van der Waals surface area contributed by atoms with Gasteiger partial charge in [0, 0.05) is 17.7 Å². The third-order valence-electron chi connectivity index (χ3n) is 4.22. The number of aliphatic imine (C=N–C) groups is 1. The van der Waals surface area contributed by atoms with Crippen LogP contribution >= 0.6 is 0 Å². The van der Waals surface area contributed by atoms with Gasteiger partial charge in [-0.1, -0.05) is 12.1 Å². The van der Waals surface area contributed by atoms with Gasteiger partial charge in [-0.05, 0) is 29.2 Å². The van der Waals surface area contributed by atoms with Gasteiger partial charge in [-0.25, -0.2) is 18.4 Å². The molecule has 1 aromatic heterocycles. The highest BCUT2D eigenvalue weighted by atomic mass is 19.2. The highest BCUT2D eigenvalue weighted by molar-refractivity contribution is 6.09. The maximum absolute atomic E-state index is 14.3. The minimum Gasteiger partial charge on any atom is -0.356 e. The maximum Gasteiger partial charge on any atom is 0.240 e. The predicted molar refractivity (Wildman–Crippen MR) is 76.5 cm³/mol. The summed E-state index contributed by atoms with van der Waals surface area (Å²) < 4.78 is 32.6. The predicted octanol–water partition coefficient (Wildman–Crippen LogP) is 2.96. The van der Waals surface area contributed by atoms with Gasteiger partial charge in [0.1, 0.15) is 5.78 Å². The Morgan fingerprint density at radius 3 is 2.96 bits per heavy atom. The van der Waals surface area contributed by atoms with Gasteiger partial charge in [-0.3, -0.25) is 4.79 Å². The van der Waals surface area contributed by atoms with Crippen molar-refractivity contribution >= 4 is 23.1 Å². The van der Waals surface area contributed by atoms with E-state index < -0.39 is 23.6 Å². The van der Waals surface area contributed by atoms with Crippen molar-refractivity contribution in [2.75, 3.05) is 5.32 Å². The number of carbonyl (C=O) groups is 1. The monoisotopic (exact) mass is 318 g/mol. The maximum atomic E-state index is 14.3. The van der Waals surface area contributed by atoms with Crippen molar-refractivity contribution < 1.29 is 18.2 Å². The fraction of sp³-hybridized carbons (Fsp3) is 0.333. The zero-order chi connectivity index (χ0) is 16.0. The lowest BCUT2D eigenvalue weighted by atomic mass is 9.78. The number of benzene rings is 1. The molecule has 23 heavy (non-hydrogen) atoms. The molecule has 2 aromatic rings. The quantitative estimate of drug-likeness (QED) is 0.874. The Balaban J connectivity index is 1.88. The summed E-state index contributed by atoms with van der Waals surface area (Å²) >= 11 is 0. The van der Waals surface area contributed by atoms with E-state index in [1.54, 1.807) is 0 Å². The summed E-state index contributed by atoms with van der Waals surface area (Å²) in [6.07, 6.45) is 1.65. The highest BCUT2D eigenvalue weighted by Crippen LogP contribution is 2.40. The summed E-state index contributed by atoms with van der Waals surface area (Å²) in [6.45, 7) is 0. The van der Waals surface area contributed by atoms with Crippen molar-refractivity contribution in [1.82, 2.24) is 10.3 Å². The van der Waals surface area contributed by atoms with Gasteiger partial charge >= 0.3 is 0 Å². The van der Waals surface area contributed by atoms with E-state index in [2.05, 4.69) is 25.3 Å². The number of hydrogen-bond acceptors (Lipinski definition) is 6. The van der Waals surface area contributed by atoms with Crippen LogP contribution in [-0.4, -0.2) is 21.8 Å². The summed E-state index contributed by atoms with van der Waals surface area (Å²) in [5, 5.41) is 10.3. The number of fused-ring (bicyclic) bond motifs is 2. The largest absolute Gasteiger partial charge is 0.356 e. The van der Waals surface area contributed by atoms with E-state index in [4.69, 9.17) is 0 Å². The van der Waals surface area contributed by atoms with Crippen LogP contribution in [0.2, 0.25) is 0 Å². The molecule has 2 unspecified atom stereocenters. The summed E-state index contributed by atoms with van der Waals surface area (Å²) in [5.41, 5.74) is 0.658. The van der Waals surface area contributed by atoms with E-state index in [0.717, 1.165) is 6.07 Å². The van der Waals surface area contributed by atoms with Crippen molar-refractivity contribution in [2.45, 2.75) is 25.3 Å². The second-order valence-electron chi connectivity index (χ2n) is 5.60. The van der Waals surface area contributed by atoms with Crippen LogP contribution in [0.15, 0.2) is 27.8 Å². The smallest absolute Gasteiger partial charge is 0.240 e. The number of nitrogens with one attached hydrogen (secondary N) is 1. The summed E-state index contributed by atoms with van der Waals surface area (Å²) in [7, 11) is 0. The SMILES string of the molecule is O=C1CCCC2=Nc3nonc3NC(c3cccc(F)c3F)C12. The Bertz CT molecular complexity index is 818. The molecule has 1 N–H and O–H groups in total. The first-order valence-corrected chi connectivity index (χ1v) is 7.28. The molecule has 0 amide bonds. The molecule has 0 bridgehead atoms. The van der Waals surface area contributed by atoms with Gasteiger partial charge in [-0.15, -0.1) is 0 Å². The molecule has 1 aromatic carbocycles. The zero-order valence-electron chi connectivity index (χ0n) is 11.9. The number of anilines is 1. The van der Waals surface area contributed by atoms with E-state index in [-0.39, 0.29) is 23.0 Å². The molecule has 118 valence electrons. The van der Waals surface area contributed by atoms with Gasteiger partial charge in [0.2, 0.25) is 11.6 Å². The molecular weight excluding hydrogens is 306 g/mol. The number of hydrogen-bond donors (Lipinski definition) is 1. The lowest BCUT2D eigenvalue weighted by Crippen LogP contribution is -2.36. The Morgan fingerprint density at radius 1 is 1.22 bits per heavy atom. The van der Waals surface area contributed by atoms with Gasteiger partial charge in [0.15, 0.2) is 11.6 Å². The molecule has 2 heterocycles. The van der Waals surface area contributed by atoms with Crippen molar-refractivity contribution in [3.05, 3.63) is 35.4 Å². The van der Waals surface area contributed by atoms with Crippen LogP contribution in [0.3, 0.4) is 0 Å². The van der Waals surface area contributed by atoms with Gasteiger partial charge in [0.05, 0.1) is 12.0 Å². The van der Waals surface area contributed by atoms with Crippen molar-refractivity contribution in [3.63, 3.8) is 0 Å². The average molecular weight is 318 g/mol. The highest BCUT2D eigenvalue weighted by Gasteiger charge is 2.40. The van der Waals surface area contributed by atoms with Crippen LogP contribution in [0, 0.1) is 17.6 Å². The number of nitrogens with zero attached hydrogens (tertiary/aromatic N) is 3. The van der Waals surface area contributed by atoms with Gasteiger partial charge < -0.3 is 5.32 Å². The fourth-order valence-corrected chi connectivity index (χ4v) is 3.18. The van der Waals surface area contributed by atoms with Crippen molar-refractivity contribution in [1.29, 1.82) is 0 Å². The zero-order valence-corrected chi connectivity index (χ0v) is 11.9. The third-order valence-corrected chi connectivity index (χ3v) is 4.22. The number of rotatable bonds is 1. The van der Waals surface area contributed by atoms with E-state index >= 15 is 0 Å². The summed E-state index contributed by atoms with van der Waals surface area (Å²) in [6, 6.07) is 3.10. The Hall–Kier alpha value is -2.64. The Labute approximate surface area is 129 Å². The standard InChI is InChI=1S/C15H12F2N4O2/c16-8-4-1-3-7(12(8)17)13-11-9(5-2-6-10(11)22)18-14-15(19-13)21-23-20-14/h1,3-4,11,13H,2,5-6H2,(H,19,21). The second kappa shape index (κ2) is 5.22. The first kappa shape index (κ1) is 14.0. The van der Waals surface area contributed by atoms with Crippen LogP contribution in [0.4, 0.5) is 20.4 Å². The molecule has 1 aliphatic heterocycles. The second-order valence-corrected chi connectivity index (χ2v) is 5.60. The minimum atomic E-state index is -0.984. The van der Waals surface area contributed by atoms with Crippen LogP contribution in [0.25, 0.3) is 0 Å². The number of aromatic nitrogens is 2. The van der Waals surface area contributed by atoms with Crippen LogP contribution in [-0.2, 0) is 4.79 Å². The number of ketones is 1. The third kappa shape index (κ3) is 2.21. The molecule has 0 saturated heterocycles. The molecule has 8 heteroatoms. The first-order chi connectivity index (χ1) is 11.1. The van der Waals surface area contributed by atoms with Crippen LogP contribution in [0.1, 0.15) is 30.9 Å². The van der Waals surface area contributed by atoms with Crippen LogP contribution < -0.4 is 5.32 Å². The molecule has 2 aliphatic rings. The van der Waals surface area contributed by atoms with Crippen LogP contribution in [0.5, 0.6) is 0 Å². The Morgan fingerprint density at radius 2 is 2.09 bits per heavy atom. The van der Waals surface area contributed by atoms with Gasteiger partial charge in [-0.2, -0.15) is 0 Å². The van der Waals surface area contributed by atoms with E-state index in [1.165, 1.54) is 12.1 Å². The van der Waals surface area contributed by atoms with Crippen molar-refractivity contribution in [2.24, 2.45) is 10.9 Å². The molecule has 0 radical (unpaired) electrons. The molecule has 4 rings (SSSR count). The minimum absolute atomic E-state index is 0.0572. The lowest BCUT2D eigenvalue weighted by molar-refractivity contribution is -0.122. The Kier molecular flexibility index (Phi) is 3.17. The molecule has 6 nitrogen and oxygen atoms in total. The number of carbonyl (C=O) groups excluding carboxylic acids is 1. The molecule has 1 saturated carbocycles. The van der Waals surface area contributed by atoms with E-state index in [9.17, 15) is 13.6 Å². The lowest BCUT2D eigenvalue weighted by Gasteiger charge is -2.29. The van der Waals surface area contributed by atoms with Crippen molar-refractivity contribution in [3.8, 4) is 0 Å². The number of Topliss-reactive ketones (excluding diaryl/α,β-unsaturated/α-hetero) is 1. The topological polar surface area (TPSA) is 80.4 Å². The average Bonchev–Trinajstić information content (AvgIpc) is 2.89.